The van der Waals surface area contributed by atoms with Crippen molar-refractivity contribution >= 4 is 5.96 Å². The molecule has 2 rings (SSSR count). The predicted molar refractivity (Wildman–Crippen MR) is 128 cm³/mol. The van der Waals surface area contributed by atoms with Gasteiger partial charge in [0.05, 0.1) is 39.8 Å². The molecule has 0 saturated carbocycles. The molecule has 0 aliphatic carbocycles. The van der Waals surface area contributed by atoms with Crippen LogP contribution in [0.5, 0.6) is 0 Å². The molecule has 29 heavy (non-hydrogen) atoms. The highest BCUT2D eigenvalue weighted by atomic mass is 15.4. The molecule has 0 spiro atoms. The third-order valence-electron chi connectivity index (χ3n) is 6.97. The van der Waals surface area contributed by atoms with Crippen molar-refractivity contribution in [1.29, 1.82) is 0 Å². The molecule has 0 radical (unpaired) electrons. The third kappa shape index (κ3) is 10.2. The topological polar surface area (TPSA) is 9.49 Å². The minimum Gasteiger partial charge on any atom is -0.267 e. The molecular formula is C26H52N3+. The Hall–Kier alpha value is -0.730. The molecule has 2 aliphatic heterocycles. The van der Waals surface area contributed by atoms with Gasteiger partial charge in [0.2, 0.25) is 0 Å². The van der Waals surface area contributed by atoms with E-state index in [0.717, 1.165) is 0 Å². The minimum atomic E-state index is 1.24. The predicted octanol–water partition coefficient (Wildman–Crippen LogP) is 6.66. The Bertz CT molecular complexity index is 432. The van der Waals surface area contributed by atoms with E-state index in [9.17, 15) is 0 Å². The summed E-state index contributed by atoms with van der Waals surface area (Å²) >= 11 is 0. The fraction of sp³-hybridized carbons (Fsp3) is 0.962. The Kier molecular flexibility index (Phi) is 13.6. The zero-order valence-electron chi connectivity index (χ0n) is 20.1. The molecule has 0 aromatic rings. The maximum Gasteiger partial charge on any atom is 0.350 e. The molecule has 0 bridgehead atoms. The summed E-state index contributed by atoms with van der Waals surface area (Å²) in [5, 5.41) is 0. The smallest absolute Gasteiger partial charge is 0.267 e. The van der Waals surface area contributed by atoms with Gasteiger partial charge in [-0.1, -0.05) is 103 Å². The van der Waals surface area contributed by atoms with Crippen LogP contribution in [0.2, 0.25) is 0 Å². The van der Waals surface area contributed by atoms with Crippen LogP contribution in [0, 0.1) is 0 Å². The maximum absolute atomic E-state index is 2.67. The van der Waals surface area contributed by atoms with Crippen molar-refractivity contribution in [3.8, 4) is 0 Å². The van der Waals surface area contributed by atoms with Crippen molar-refractivity contribution in [3.05, 3.63) is 0 Å². The summed E-state index contributed by atoms with van der Waals surface area (Å²) in [7, 11) is 2.29. The molecular weight excluding hydrogens is 354 g/mol. The van der Waals surface area contributed by atoms with Gasteiger partial charge < -0.3 is 0 Å². The van der Waals surface area contributed by atoms with Crippen LogP contribution in [-0.2, 0) is 0 Å². The van der Waals surface area contributed by atoms with E-state index in [4.69, 9.17) is 0 Å². The van der Waals surface area contributed by atoms with E-state index in [2.05, 4.69) is 28.3 Å². The molecule has 2 aliphatic rings. The van der Waals surface area contributed by atoms with Gasteiger partial charge in [0.25, 0.3) is 0 Å². The van der Waals surface area contributed by atoms with Crippen LogP contribution in [0.25, 0.3) is 0 Å². The van der Waals surface area contributed by atoms with Gasteiger partial charge in [-0.25, -0.2) is 0 Å². The van der Waals surface area contributed by atoms with Crippen LogP contribution in [0.4, 0.5) is 0 Å². The zero-order chi connectivity index (χ0) is 20.6. The summed E-state index contributed by atoms with van der Waals surface area (Å²) in [4.78, 5) is 5.30. The lowest BCUT2D eigenvalue weighted by molar-refractivity contribution is -0.515. The molecule has 2 heterocycles. The fourth-order valence-electron chi connectivity index (χ4n) is 5.21. The van der Waals surface area contributed by atoms with Crippen LogP contribution >= 0.6 is 0 Å². The number of guanidine groups is 1. The Morgan fingerprint density at radius 2 is 1.10 bits per heavy atom. The zero-order valence-corrected chi connectivity index (χ0v) is 20.1. The van der Waals surface area contributed by atoms with Gasteiger partial charge in [-0.2, -0.15) is 0 Å². The van der Waals surface area contributed by atoms with Crippen LogP contribution in [0.15, 0.2) is 0 Å². The van der Waals surface area contributed by atoms with Gasteiger partial charge in [0.1, 0.15) is 0 Å². The summed E-state index contributed by atoms with van der Waals surface area (Å²) in [6.45, 7) is 8.63. The molecule has 3 nitrogen and oxygen atoms in total. The van der Waals surface area contributed by atoms with Crippen molar-refractivity contribution in [2.45, 2.75) is 122 Å². The quantitative estimate of drug-likeness (QED) is 0.197. The summed E-state index contributed by atoms with van der Waals surface area (Å²) in [6.07, 6.45) is 25.9. The van der Waals surface area contributed by atoms with E-state index in [1.54, 1.807) is 0 Å². The largest absolute Gasteiger partial charge is 0.350 e. The SMILES string of the molecule is CCCCCCCCCCCCCCCCCCN1CCCN2CCC[N+](C)=C12. The average Bonchev–Trinajstić information content (AvgIpc) is 2.73. The first-order valence-corrected chi connectivity index (χ1v) is 13.4. The van der Waals surface area contributed by atoms with E-state index >= 15 is 0 Å². The second-order valence-electron chi connectivity index (χ2n) is 9.71. The summed E-state index contributed by atoms with van der Waals surface area (Å²) < 4.78 is 2.50. The van der Waals surface area contributed by atoms with E-state index in [0.29, 0.717) is 0 Å². The van der Waals surface area contributed by atoms with Crippen molar-refractivity contribution < 1.29 is 4.58 Å². The molecule has 1 fully saturated rings. The Balaban J connectivity index is 1.36. The second-order valence-corrected chi connectivity index (χ2v) is 9.71. The van der Waals surface area contributed by atoms with Crippen molar-refractivity contribution in [3.63, 3.8) is 0 Å². The lowest BCUT2D eigenvalue weighted by atomic mass is 10.0. The third-order valence-corrected chi connectivity index (χ3v) is 6.97. The maximum atomic E-state index is 2.67. The van der Waals surface area contributed by atoms with E-state index in [1.165, 1.54) is 154 Å². The van der Waals surface area contributed by atoms with E-state index < -0.39 is 0 Å². The summed E-state index contributed by atoms with van der Waals surface area (Å²) in [5.74, 6) is 1.53. The molecule has 170 valence electrons. The van der Waals surface area contributed by atoms with Crippen molar-refractivity contribution in [2.24, 2.45) is 0 Å². The molecule has 0 aromatic carbocycles. The normalized spacial score (nSPS) is 17.2. The number of unbranched alkanes of at least 4 members (excludes halogenated alkanes) is 15. The highest BCUT2D eigenvalue weighted by Crippen LogP contribution is 2.16. The van der Waals surface area contributed by atoms with Gasteiger partial charge in [0, 0.05) is 12.8 Å². The highest BCUT2D eigenvalue weighted by molar-refractivity contribution is 5.76. The van der Waals surface area contributed by atoms with Gasteiger partial charge in [0.15, 0.2) is 0 Å². The van der Waals surface area contributed by atoms with Gasteiger partial charge in [-0.3, -0.25) is 14.4 Å². The first-order valence-electron chi connectivity index (χ1n) is 13.4. The van der Waals surface area contributed by atoms with Gasteiger partial charge in [-0.15, -0.1) is 0 Å². The first kappa shape index (κ1) is 24.5. The van der Waals surface area contributed by atoms with Crippen molar-refractivity contribution in [1.82, 2.24) is 9.80 Å². The molecule has 0 aromatic heterocycles. The summed E-state index contributed by atoms with van der Waals surface area (Å²) in [6, 6.07) is 0. The van der Waals surface area contributed by atoms with E-state index in [-0.39, 0.29) is 0 Å². The van der Waals surface area contributed by atoms with Crippen LogP contribution < -0.4 is 0 Å². The van der Waals surface area contributed by atoms with Gasteiger partial charge in [-0.05, 0) is 6.42 Å². The number of nitrogens with zero attached hydrogens (tertiary/aromatic N) is 3. The van der Waals surface area contributed by atoms with Crippen LogP contribution in [-0.4, -0.2) is 60.1 Å². The minimum absolute atomic E-state index is 1.24. The fourth-order valence-corrected chi connectivity index (χ4v) is 5.21. The standard InChI is InChI=1S/C26H52N3/c1-3-4-5-6-7-8-9-10-11-12-13-14-15-16-17-18-22-28-24-20-25-29-23-19-21-27(2)26(28)29/h3-25H2,1-2H3/q+1. The molecule has 3 heteroatoms. The Morgan fingerprint density at radius 1 is 0.621 bits per heavy atom. The molecule has 0 N–H and O–H groups in total. The molecule has 0 unspecified atom stereocenters. The molecule has 1 saturated heterocycles. The highest BCUT2D eigenvalue weighted by Gasteiger charge is 2.34. The van der Waals surface area contributed by atoms with Crippen LogP contribution in [0.3, 0.4) is 0 Å². The number of rotatable bonds is 17. The Labute approximate surface area is 182 Å². The number of fused-ring (bicyclic) bond motifs is 1. The molecule has 0 atom stereocenters. The van der Waals surface area contributed by atoms with Gasteiger partial charge >= 0.3 is 5.96 Å². The monoisotopic (exact) mass is 406 g/mol. The van der Waals surface area contributed by atoms with Crippen molar-refractivity contribution in [2.75, 3.05) is 39.8 Å². The van der Waals surface area contributed by atoms with E-state index in [1.807, 2.05) is 0 Å². The lowest BCUT2D eigenvalue weighted by Crippen LogP contribution is -2.57. The number of hydrogen-bond acceptors (Lipinski definition) is 2. The second kappa shape index (κ2) is 16.0. The average molecular weight is 407 g/mol. The summed E-state index contributed by atoms with van der Waals surface area (Å²) in [5.41, 5.74) is 0. The number of hydrogen-bond donors (Lipinski definition) is 0. The van der Waals surface area contributed by atoms with Crippen LogP contribution in [0.1, 0.15) is 122 Å². The Morgan fingerprint density at radius 3 is 1.66 bits per heavy atom. The first-order chi connectivity index (χ1) is 14.3. The molecule has 0 amide bonds. The lowest BCUT2D eigenvalue weighted by Gasteiger charge is -2.36.